The van der Waals surface area contributed by atoms with Crippen molar-refractivity contribution in [3.8, 4) is 17.1 Å². The van der Waals surface area contributed by atoms with E-state index >= 15 is 0 Å². The average Bonchev–Trinajstić information content (AvgIpc) is 3.16. The predicted molar refractivity (Wildman–Crippen MR) is 80.9 cm³/mol. The zero-order valence-corrected chi connectivity index (χ0v) is 10.8. The van der Waals surface area contributed by atoms with Crippen LogP contribution < -0.4 is 0 Å². The van der Waals surface area contributed by atoms with Gasteiger partial charge in [0.2, 0.25) is 0 Å². The lowest BCUT2D eigenvalue weighted by Gasteiger charge is -2.04. The predicted octanol–water partition coefficient (Wildman–Crippen LogP) is 4.02. The summed E-state index contributed by atoms with van der Waals surface area (Å²) in [6.45, 7) is 0. The van der Waals surface area contributed by atoms with Gasteiger partial charge in [-0.15, -0.1) is 0 Å². The molecule has 0 atom stereocenters. The Morgan fingerprint density at radius 3 is 2.55 bits per heavy atom. The highest BCUT2D eigenvalue weighted by Crippen LogP contribution is 2.22. The van der Waals surface area contributed by atoms with Crippen LogP contribution in [0.4, 0.5) is 0 Å². The van der Waals surface area contributed by atoms with E-state index in [9.17, 15) is 0 Å². The molecule has 0 amide bonds. The Morgan fingerprint density at radius 2 is 1.70 bits per heavy atom. The molecule has 2 heterocycles. The summed E-state index contributed by atoms with van der Waals surface area (Å²) in [5.74, 6) is 0.903. The minimum absolute atomic E-state index is 0.903. The van der Waals surface area contributed by atoms with Crippen molar-refractivity contribution < 1.29 is 0 Å². The standard InChI is InChI=1S/C17H13N3/c1-2-9-16-15(8-1)18-17(19-16)13-6-5-7-14(12-13)20-10-3-4-11-20/h1-12H,(H,18,19). The molecular weight excluding hydrogens is 246 g/mol. The maximum atomic E-state index is 4.64. The van der Waals surface area contributed by atoms with Crippen LogP contribution in [0.5, 0.6) is 0 Å². The van der Waals surface area contributed by atoms with Gasteiger partial charge in [0.25, 0.3) is 0 Å². The molecule has 0 bridgehead atoms. The maximum Gasteiger partial charge on any atom is 0.138 e. The molecule has 20 heavy (non-hydrogen) atoms. The number of aromatic nitrogens is 3. The smallest absolute Gasteiger partial charge is 0.138 e. The van der Waals surface area contributed by atoms with Crippen LogP contribution >= 0.6 is 0 Å². The van der Waals surface area contributed by atoms with Crippen molar-refractivity contribution in [2.45, 2.75) is 0 Å². The number of nitrogens with one attached hydrogen (secondary N) is 1. The molecule has 0 saturated heterocycles. The number of imidazole rings is 1. The third-order valence-corrected chi connectivity index (χ3v) is 3.41. The van der Waals surface area contributed by atoms with Gasteiger partial charge >= 0.3 is 0 Å². The molecule has 0 radical (unpaired) electrons. The van der Waals surface area contributed by atoms with E-state index < -0.39 is 0 Å². The molecular formula is C17H13N3. The number of aromatic amines is 1. The normalized spacial score (nSPS) is 11.0. The molecule has 2 aromatic carbocycles. The van der Waals surface area contributed by atoms with Gasteiger partial charge < -0.3 is 9.55 Å². The number of hydrogen-bond acceptors (Lipinski definition) is 1. The van der Waals surface area contributed by atoms with Crippen LogP contribution in [0.3, 0.4) is 0 Å². The summed E-state index contributed by atoms with van der Waals surface area (Å²) in [6, 6.07) is 20.5. The summed E-state index contributed by atoms with van der Waals surface area (Å²) in [6.07, 6.45) is 4.08. The summed E-state index contributed by atoms with van der Waals surface area (Å²) in [4.78, 5) is 8.00. The van der Waals surface area contributed by atoms with Crippen LogP contribution in [0.2, 0.25) is 0 Å². The molecule has 0 unspecified atom stereocenters. The van der Waals surface area contributed by atoms with E-state index in [0.29, 0.717) is 0 Å². The van der Waals surface area contributed by atoms with Gasteiger partial charge in [-0.05, 0) is 36.4 Å². The first-order chi connectivity index (χ1) is 9.90. The highest BCUT2D eigenvalue weighted by Gasteiger charge is 2.05. The molecule has 0 aliphatic carbocycles. The molecule has 0 spiro atoms. The van der Waals surface area contributed by atoms with E-state index in [1.807, 2.05) is 48.8 Å². The molecule has 0 fully saturated rings. The van der Waals surface area contributed by atoms with Gasteiger partial charge in [-0.25, -0.2) is 4.98 Å². The lowest BCUT2D eigenvalue weighted by molar-refractivity contribution is 1.08. The van der Waals surface area contributed by atoms with Crippen molar-refractivity contribution in [2.24, 2.45) is 0 Å². The highest BCUT2D eigenvalue weighted by molar-refractivity contribution is 5.79. The zero-order valence-electron chi connectivity index (χ0n) is 10.8. The summed E-state index contributed by atoms with van der Waals surface area (Å²) < 4.78 is 2.09. The largest absolute Gasteiger partial charge is 0.338 e. The van der Waals surface area contributed by atoms with E-state index in [2.05, 4.69) is 38.8 Å². The second-order valence-corrected chi connectivity index (χ2v) is 4.74. The minimum atomic E-state index is 0.903. The van der Waals surface area contributed by atoms with Crippen LogP contribution in [0, 0.1) is 0 Å². The van der Waals surface area contributed by atoms with E-state index in [1.54, 1.807) is 0 Å². The summed E-state index contributed by atoms with van der Waals surface area (Å²) in [5.41, 5.74) is 4.28. The lowest BCUT2D eigenvalue weighted by atomic mass is 10.2. The monoisotopic (exact) mass is 259 g/mol. The molecule has 3 heteroatoms. The van der Waals surface area contributed by atoms with Gasteiger partial charge in [-0.2, -0.15) is 0 Å². The number of hydrogen-bond donors (Lipinski definition) is 1. The molecule has 3 nitrogen and oxygen atoms in total. The molecule has 0 saturated carbocycles. The molecule has 0 aliphatic rings. The zero-order chi connectivity index (χ0) is 13.4. The Kier molecular flexibility index (Phi) is 2.42. The van der Waals surface area contributed by atoms with Crippen molar-refractivity contribution in [1.29, 1.82) is 0 Å². The topological polar surface area (TPSA) is 33.6 Å². The van der Waals surface area contributed by atoms with Crippen molar-refractivity contribution in [2.75, 3.05) is 0 Å². The van der Waals surface area contributed by atoms with Crippen LogP contribution in [0.15, 0.2) is 73.1 Å². The summed E-state index contributed by atoms with van der Waals surface area (Å²) in [7, 11) is 0. The third-order valence-electron chi connectivity index (χ3n) is 3.41. The molecule has 1 N–H and O–H groups in total. The fourth-order valence-corrected chi connectivity index (χ4v) is 2.41. The Bertz CT molecular complexity index is 824. The Morgan fingerprint density at radius 1 is 0.850 bits per heavy atom. The number of fused-ring (bicyclic) bond motifs is 1. The second-order valence-electron chi connectivity index (χ2n) is 4.74. The Hall–Kier alpha value is -2.81. The average molecular weight is 259 g/mol. The van der Waals surface area contributed by atoms with Crippen molar-refractivity contribution in [3.05, 3.63) is 73.1 Å². The van der Waals surface area contributed by atoms with Crippen LogP contribution in [-0.4, -0.2) is 14.5 Å². The lowest BCUT2D eigenvalue weighted by Crippen LogP contribution is -1.90. The summed E-state index contributed by atoms with van der Waals surface area (Å²) in [5, 5.41) is 0. The fraction of sp³-hybridized carbons (Fsp3) is 0. The molecule has 4 aromatic rings. The second kappa shape index (κ2) is 4.38. The number of rotatable bonds is 2. The Labute approximate surface area is 116 Å². The fourth-order valence-electron chi connectivity index (χ4n) is 2.41. The van der Waals surface area contributed by atoms with Gasteiger partial charge in [0.15, 0.2) is 0 Å². The number of nitrogens with zero attached hydrogens (tertiary/aromatic N) is 2. The van der Waals surface area contributed by atoms with E-state index in [4.69, 9.17) is 0 Å². The van der Waals surface area contributed by atoms with Crippen LogP contribution in [0.25, 0.3) is 28.1 Å². The first-order valence-electron chi connectivity index (χ1n) is 6.59. The minimum Gasteiger partial charge on any atom is -0.338 e. The first kappa shape index (κ1) is 11.1. The van der Waals surface area contributed by atoms with Crippen molar-refractivity contribution in [3.63, 3.8) is 0 Å². The quantitative estimate of drug-likeness (QED) is 0.579. The van der Waals surface area contributed by atoms with Gasteiger partial charge in [-0.1, -0.05) is 24.3 Å². The van der Waals surface area contributed by atoms with E-state index in [-0.39, 0.29) is 0 Å². The first-order valence-corrected chi connectivity index (χ1v) is 6.59. The molecule has 4 rings (SSSR count). The molecule has 2 aromatic heterocycles. The SMILES string of the molecule is c1cc(-c2nc3ccccc3[nH]2)cc(-n2cccc2)c1. The number of para-hydroxylation sites is 2. The molecule has 0 aliphatic heterocycles. The van der Waals surface area contributed by atoms with Crippen LogP contribution in [-0.2, 0) is 0 Å². The third kappa shape index (κ3) is 1.80. The van der Waals surface area contributed by atoms with Crippen molar-refractivity contribution >= 4 is 11.0 Å². The van der Waals surface area contributed by atoms with Gasteiger partial charge in [0.05, 0.1) is 11.0 Å². The number of benzene rings is 2. The highest BCUT2D eigenvalue weighted by atomic mass is 14.9. The molecule has 96 valence electrons. The maximum absolute atomic E-state index is 4.64. The van der Waals surface area contributed by atoms with Crippen LogP contribution in [0.1, 0.15) is 0 Å². The van der Waals surface area contributed by atoms with Gasteiger partial charge in [0, 0.05) is 23.6 Å². The van der Waals surface area contributed by atoms with E-state index in [0.717, 1.165) is 28.1 Å². The van der Waals surface area contributed by atoms with Crippen molar-refractivity contribution in [1.82, 2.24) is 14.5 Å². The van der Waals surface area contributed by atoms with E-state index in [1.165, 1.54) is 0 Å². The van der Waals surface area contributed by atoms with Gasteiger partial charge in [-0.3, -0.25) is 0 Å². The summed E-state index contributed by atoms with van der Waals surface area (Å²) >= 11 is 0. The number of H-pyrrole nitrogens is 1. The van der Waals surface area contributed by atoms with Gasteiger partial charge in [0.1, 0.15) is 5.82 Å². The Balaban J connectivity index is 1.84.